The molecule has 240 valence electrons. The second-order valence-electron chi connectivity index (χ2n) is 13.4. The maximum atomic E-state index is 13.3. The van der Waals surface area contributed by atoms with Crippen molar-refractivity contribution in [2.45, 2.75) is 96.5 Å². The van der Waals surface area contributed by atoms with Crippen LogP contribution in [0.25, 0.3) is 5.57 Å². The molecule has 3 aliphatic heterocycles. The molecule has 0 amide bonds. The summed E-state index contributed by atoms with van der Waals surface area (Å²) in [7, 11) is 0. The summed E-state index contributed by atoms with van der Waals surface area (Å²) in [5, 5.41) is 0. The summed E-state index contributed by atoms with van der Waals surface area (Å²) in [6.45, 7) is 13.6. The fourth-order valence-corrected chi connectivity index (χ4v) is 7.11. The molecule has 0 spiro atoms. The van der Waals surface area contributed by atoms with Gasteiger partial charge in [0.1, 0.15) is 22.9 Å². The van der Waals surface area contributed by atoms with Gasteiger partial charge in [-0.05, 0) is 144 Å². The zero-order valence-corrected chi connectivity index (χ0v) is 28.0. The Morgan fingerprint density at radius 2 is 1.77 bits per heavy atom. The highest BCUT2D eigenvalue weighted by Crippen LogP contribution is 2.49. The van der Waals surface area contributed by atoms with Crippen LogP contribution in [0.5, 0.6) is 11.5 Å². The third-order valence-electron chi connectivity index (χ3n) is 9.63. The minimum Gasteiger partial charge on any atom is -0.493 e. The Bertz CT molecular complexity index is 1290. The van der Waals surface area contributed by atoms with E-state index in [2.05, 4.69) is 48.6 Å². The first kappa shape index (κ1) is 34.4. The average molecular weight is 623 g/mol. The van der Waals surface area contributed by atoms with Crippen molar-refractivity contribution in [3.63, 3.8) is 0 Å². The van der Waals surface area contributed by atoms with E-state index in [0.717, 1.165) is 68.9 Å². The predicted octanol–water partition coefficient (Wildman–Crippen LogP) is 8.67. The maximum absolute atomic E-state index is 13.3. The number of hydrogen-bond acceptors (Lipinski definition) is 4. The lowest BCUT2D eigenvalue weighted by Gasteiger charge is -2.42. The molecule has 2 aromatic rings. The topological polar surface area (TPSA) is 24.9 Å². The van der Waals surface area contributed by atoms with E-state index in [1.54, 1.807) is 12.1 Å². The van der Waals surface area contributed by atoms with Gasteiger partial charge in [0.05, 0.1) is 18.7 Å². The molecule has 3 heterocycles. The molecule has 1 unspecified atom stereocenters. The minimum absolute atomic E-state index is 0. The van der Waals surface area contributed by atoms with Crippen LogP contribution < -0.4 is 9.47 Å². The van der Waals surface area contributed by atoms with Gasteiger partial charge in [0, 0.05) is 13.1 Å². The molecule has 3 aliphatic rings. The number of fused-ring (bicyclic) bond motifs is 2. The molecule has 5 rings (SSSR count). The lowest BCUT2D eigenvalue weighted by molar-refractivity contribution is 0.131. The number of aryl methyl sites for hydroxylation is 1. The van der Waals surface area contributed by atoms with Crippen LogP contribution in [-0.2, 0) is 6.42 Å². The van der Waals surface area contributed by atoms with Gasteiger partial charge < -0.3 is 14.4 Å². The van der Waals surface area contributed by atoms with Crippen molar-refractivity contribution in [1.82, 2.24) is 9.80 Å². The van der Waals surface area contributed by atoms with Crippen LogP contribution in [0.1, 0.15) is 101 Å². The van der Waals surface area contributed by atoms with Gasteiger partial charge in [-0.1, -0.05) is 31.4 Å². The molecule has 0 bridgehead atoms. The van der Waals surface area contributed by atoms with Gasteiger partial charge in [0.25, 0.3) is 0 Å². The van der Waals surface area contributed by atoms with E-state index in [-0.39, 0.29) is 23.8 Å². The quantitative estimate of drug-likeness (QED) is 0.165. The third-order valence-corrected chi connectivity index (χ3v) is 9.63. The number of piperidine rings is 1. The second kappa shape index (κ2) is 16.2. The lowest BCUT2D eigenvalue weighted by Crippen LogP contribution is -2.42. The van der Waals surface area contributed by atoms with E-state index in [1.807, 2.05) is 12.1 Å². The van der Waals surface area contributed by atoms with Crippen LogP contribution in [0.15, 0.2) is 42.0 Å². The van der Waals surface area contributed by atoms with Crippen molar-refractivity contribution in [3.05, 3.63) is 64.5 Å². The second-order valence-corrected chi connectivity index (χ2v) is 13.4. The largest absolute Gasteiger partial charge is 0.493 e. The van der Waals surface area contributed by atoms with Gasteiger partial charge in [-0.2, -0.15) is 0 Å². The van der Waals surface area contributed by atoms with E-state index >= 15 is 0 Å². The summed E-state index contributed by atoms with van der Waals surface area (Å²) < 4.78 is 26.8. The molecule has 44 heavy (non-hydrogen) atoms. The summed E-state index contributed by atoms with van der Waals surface area (Å²) in [5.74, 6) is 4.92. The molecule has 6 heteroatoms. The van der Waals surface area contributed by atoms with Crippen molar-refractivity contribution in [3.8, 4) is 23.8 Å². The van der Waals surface area contributed by atoms with Crippen LogP contribution in [0.4, 0.5) is 4.39 Å². The van der Waals surface area contributed by atoms with Crippen molar-refractivity contribution in [2.24, 2.45) is 0 Å². The number of halogens is 2. The summed E-state index contributed by atoms with van der Waals surface area (Å²) >= 11 is 0. The first-order valence-corrected chi connectivity index (χ1v) is 16.7. The van der Waals surface area contributed by atoms with Gasteiger partial charge in [-0.3, -0.25) is 4.90 Å². The molecule has 1 atom stereocenters. The Morgan fingerprint density at radius 1 is 1.00 bits per heavy atom. The van der Waals surface area contributed by atoms with Gasteiger partial charge >= 0.3 is 0 Å². The zero-order chi connectivity index (χ0) is 30.2. The molecule has 0 aliphatic carbocycles. The summed E-state index contributed by atoms with van der Waals surface area (Å²) in [5.41, 5.74) is 5.92. The molecule has 4 nitrogen and oxygen atoms in total. The van der Waals surface area contributed by atoms with Crippen LogP contribution in [-0.4, -0.2) is 61.3 Å². The molecular weight excluding hydrogens is 571 g/mol. The van der Waals surface area contributed by atoms with Crippen LogP contribution in [0, 0.1) is 18.2 Å². The molecule has 1 saturated heterocycles. The molecule has 0 aromatic heterocycles. The van der Waals surface area contributed by atoms with Gasteiger partial charge in [-0.25, -0.2) is 4.39 Å². The average Bonchev–Trinajstić information content (AvgIpc) is 3.00. The van der Waals surface area contributed by atoms with Crippen LogP contribution in [0.3, 0.4) is 0 Å². The first-order valence-electron chi connectivity index (χ1n) is 16.7. The Labute approximate surface area is 271 Å². The molecular formula is C38H52ClFN2O2. The summed E-state index contributed by atoms with van der Waals surface area (Å²) in [6, 6.07) is 11.4. The number of rotatable bonds is 13. The number of ether oxygens (including phenoxy) is 2. The van der Waals surface area contributed by atoms with E-state index in [9.17, 15) is 4.39 Å². The molecule has 0 N–H and O–H groups in total. The molecule has 0 saturated carbocycles. The number of likely N-dealkylation sites (tertiary alicyclic amines) is 1. The number of hydrogen-bond donors (Lipinski definition) is 0. The first-order chi connectivity index (χ1) is 20.8. The third kappa shape index (κ3) is 8.81. The van der Waals surface area contributed by atoms with Crippen LogP contribution >= 0.6 is 12.4 Å². The smallest absolute Gasteiger partial charge is 0.132 e. The van der Waals surface area contributed by atoms with Crippen molar-refractivity contribution < 1.29 is 13.9 Å². The fourth-order valence-electron chi connectivity index (χ4n) is 7.11. The molecule has 1 fully saturated rings. The lowest BCUT2D eigenvalue weighted by atomic mass is 9.80. The van der Waals surface area contributed by atoms with Crippen molar-refractivity contribution >= 4 is 18.0 Å². The zero-order valence-electron chi connectivity index (χ0n) is 27.1. The van der Waals surface area contributed by atoms with E-state index in [0.29, 0.717) is 12.5 Å². The van der Waals surface area contributed by atoms with Gasteiger partial charge in [-0.15, -0.1) is 18.8 Å². The molecule has 0 radical (unpaired) electrons. The van der Waals surface area contributed by atoms with Crippen LogP contribution in [0.2, 0.25) is 0 Å². The standard InChI is InChI=1S/C38H51FN2O2.ClH/c1-5-20-41-24-19-34-33(28-41)37-35(42-25-11-7-10-23-40-21-8-6-9-22-40)26-31(27-36(37)43-38(34,3)4)29(2)13-12-14-30-15-17-32(39)18-16-30;/h1,15-18,26-27,29H,6-14,19-25,28H2,2-4H3;1H. The predicted molar refractivity (Wildman–Crippen MR) is 183 cm³/mol. The Morgan fingerprint density at radius 3 is 2.52 bits per heavy atom. The van der Waals surface area contributed by atoms with E-state index in [1.165, 1.54) is 74.0 Å². The highest BCUT2D eigenvalue weighted by Gasteiger charge is 2.39. The number of benzene rings is 2. The number of terminal acetylenes is 1. The minimum atomic E-state index is -0.360. The monoisotopic (exact) mass is 622 g/mol. The number of unbranched alkanes of at least 4 members (excludes halogenated alkanes) is 2. The highest BCUT2D eigenvalue weighted by atomic mass is 35.5. The fraction of sp³-hybridized carbons (Fsp3) is 0.579. The summed E-state index contributed by atoms with van der Waals surface area (Å²) in [6.07, 6.45) is 17.3. The maximum Gasteiger partial charge on any atom is 0.132 e. The Balaban J connectivity index is 0.00000442. The number of nitrogens with zero attached hydrogens (tertiary/aromatic N) is 2. The highest BCUT2D eigenvalue weighted by molar-refractivity contribution is 5.85. The summed E-state index contributed by atoms with van der Waals surface area (Å²) in [4.78, 5) is 4.99. The van der Waals surface area contributed by atoms with E-state index in [4.69, 9.17) is 15.9 Å². The SMILES string of the molecule is C#CCN1CCC2=C(C1)c1c(OCCCCCN3CCCCC3)cc(C(C)CCCc3ccc(F)cc3)cc1OC2(C)C.Cl. The normalized spacial score (nSPS) is 18.8. The van der Waals surface area contributed by atoms with Crippen molar-refractivity contribution in [1.29, 1.82) is 0 Å². The van der Waals surface area contributed by atoms with Gasteiger partial charge in [0.15, 0.2) is 0 Å². The van der Waals surface area contributed by atoms with E-state index < -0.39 is 0 Å². The Hall–Kier alpha value is -2.52. The van der Waals surface area contributed by atoms with Crippen molar-refractivity contribution in [2.75, 3.05) is 45.9 Å². The molecule has 2 aromatic carbocycles. The van der Waals surface area contributed by atoms with Gasteiger partial charge in [0.2, 0.25) is 0 Å². The Kier molecular flexibility index (Phi) is 12.6.